The summed E-state index contributed by atoms with van der Waals surface area (Å²) >= 11 is 0. The molecule has 78 valence electrons. The zero-order chi connectivity index (χ0) is 10.3. The highest BCUT2D eigenvalue weighted by atomic mass is 16.5. The molecule has 2 unspecified atom stereocenters. The highest BCUT2D eigenvalue weighted by Crippen LogP contribution is 2.45. The van der Waals surface area contributed by atoms with E-state index in [1.807, 2.05) is 18.2 Å². The van der Waals surface area contributed by atoms with Gasteiger partial charge >= 0.3 is 0 Å². The van der Waals surface area contributed by atoms with Crippen LogP contribution >= 0.6 is 0 Å². The Hall–Kier alpha value is -1.58. The molecule has 0 saturated carbocycles. The Bertz CT molecular complexity index is 417. The van der Waals surface area contributed by atoms with Crippen LogP contribution in [0.25, 0.3) is 0 Å². The lowest BCUT2D eigenvalue weighted by molar-refractivity contribution is 0.204. The van der Waals surface area contributed by atoms with Crippen LogP contribution in [0.1, 0.15) is 11.6 Å². The summed E-state index contributed by atoms with van der Waals surface area (Å²) in [5.41, 5.74) is 1.10. The number of nitrogens with zero attached hydrogens (tertiary/aromatic N) is 2. The second-order valence-electron chi connectivity index (χ2n) is 3.83. The van der Waals surface area contributed by atoms with E-state index in [9.17, 15) is 0 Å². The predicted molar refractivity (Wildman–Crippen MR) is 54.4 cm³/mol. The van der Waals surface area contributed by atoms with E-state index >= 15 is 0 Å². The van der Waals surface area contributed by atoms with Crippen molar-refractivity contribution < 1.29 is 9.47 Å². The fraction of sp³-hybridized carbons (Fsp3) is 0.455. The second kappa shape index (κ2) is 3.22. The molecule has 3 rings (SSSR count). The van der Waals surface area contributed by atoms with Crippen molar-refractivity contribution in [2.45, 2.75) is 6.04 Å². The van der Waals surface area contributed by atoms with Gasteiger partial charge in [0.15, 0.2) is 11.5 Å². The number of azo groups is 1. The van der Waals surface area contributed by atoms with Gasteiger partial charge in [0.1, 0.15) is 6.04 Å². The topological polar surface area (TPSA) is 43.2 Å². The second-order valence-corrected chi connectivity index (χ2v) is 3.83. The third kappa shape index (κ3) is 1.21. The largest absolute Gasteiger partial charge is 0.493 e. The highest BCUT2D eigenvalue weighted by Gasteiger charge is 2.35. The molecule has 1 aromatic rings. The maximum absolute atomic E-state index is 5.71. The van der Waals surface area contributed by atoms with Gasteiger partial charge in [-0.3, -0.25) is 0 Å². The first kappa shape index (κ1) is 8.71. The van der Waals surface area contributed by atoms with Gasteiger partial charge in [0.2, 0.25) is 0 Å². The standard InChI is InChI=1S/C11H12N2O2/c1-14-9-4-2-3-8-10-7(5-12-13-10)6-15-11(8)9/h2-4,7,10H,5-6H2,1H3. The molecule has 2 heterocycles. The Morgan fingerprint density at radius 2 is 2.40 bits per heavy atom. The van der Waals surface area contributed by atoms with Gasteiger partial charge in [0, 0.05) is 11.5 Å². The van der Waals surface area contributed by atoms with Crippen LogP contribution < -0.4 is 9.47 Å². The van der Waals surface area contributed by atoms with Crippen molar-refractivity contribution in [3.05, 3.63) is 23.8 Å². The zero-order valence-electron chi connectivity index (χ0n) is 8.51. The number of hydrogen-bond donors (Lipinski definition) is 0. The average molecular weight is 204 g/mol. The van der Waals surface area contributed by atoms with E-state index in [2.05, 4.69) is 10.2 Å². The number of fused-ring (bicyclic) bond motifs is 3. The number of methoxy groups -OCH3 is 1. The number of rotatable bonds is 1. The van der Waals surface area contributed by atoms with E-state index in [1.54, 1.807) is 7.11 Å². The van der Waals surface area contributed by atoms with Gasteiger partial charge < -0.3 is 9.47 Å². The molecule has 15 heavy (non-hydrogen) atoms. The third-order valence-corrected chi connectivity index (χ3v) is 2.96. The first-order valence-electron chi connectivity index (χ1n) is 5.06. The van der Waals surface area contributed by atoms with E-state index in [0.717, 1.165) is 23.6 Å². The summed E-state index contributed by atoms with van der Waals surface area (Å²) in [5, 5.41) is 8.35. The normalized spacial score (nSPS) is 26.7. The summed E-state index contributed by atoms with van der Waals surface area (Å²) in [4.78, 5) is 0. The van der Waals surface area contributed by atoms with Gasteiger partial charge in [-0.1, -0.05) is 12.1 Å². The monoisotopic (exact) mass is 204 g/mol. The Kier molecular flexibility index (Phi) is 1.87. The predicted octanol–water partition coefficient (Wildman–Crippen LogP) is 2.21. The van der Waals surface area contributed by atoms with E-state index in [4.69, 9.17) is 9.47 Å². The molecule has 0 bridgehead atoms. The summed E-state index contributed by atoms with van der Waals surface area (Å²) in [6, 6.07) is 6.09. The van der Waals surface area contributed by atoms with Crippen molar-refractivity contribution in [3.63, 3.8) is 0 Å². The Labute approximate surface area is 87.9 Å². The van der Waals surface area contributed by atoms with Gasteiger partial charge in [-0.25, -0.2) is 0 Å². The molecule has 2 aliphatic rings. The van der Waals surface area contributed by atoms with Gasteiger partial charge in [0.05, 0.1) is 20.3 Å². The SMILES string of the molecule is COc1cccc2c1OCC1CN=NC21. The van der Waals surface area contributed by atoms with Crippen LogP contribution in [0.15, 0.2) is 28.4 Å². The van der Waals surface area contributed by atoms with Gasteiger partial charge in [-0.15, -0.1) is 0 Å². The Morgan fingerprint density at radius 3 is 3.27 bits per heavy atom. The zero-order valence-corrected chi connectivity index (χ0v) is 8.51. The fourth-order valence-corrected chi connectivity index (χ4v) is 2.17. The van der Waals surface area contributed by atoms with Gasteiger partial charge in [0.25, 0.3) is 0 Å². The summed E-state index contributed by atoms with van der Waals surface area (Å²) in [6.07, 6.45) is 0. The van der Waals surface area contributed by atoms with Crippen molar-refractivity contribution in [1.82, 2.24) is 0 Å². The molecule has 0 amide bonds. The molecule has 0 aromatic heterocycles. The van der Waals surface area contributed by atoms with Crippen molar-refractivity contribution in [3.8, 4) is 11.5 Å². The molecule has 2 atom stereocenters. The van der Waals surface area contributed by atoms with Crippen molar-refractivity contribution >= 4 is 0 Å². The van der Waals surface area contributed by atoms with Crippen molar-refractivity contribution in [2.75, 3.05) is 20.3 Å². The molecule has 4 nitrogen and oxygen atoms in total. The number of para-hydroxylation sites is 1. The van der Waals surface area contributed by atoms with E-state index in [0.29, 0.717) is 12.5 Å². The highest BCUT2D eigenvalue weighted by molar-refractivity contribution is 5.49. The summed E-state index contributed by atoms with van der Waals surface area (Å²) in [5.74, 6) is 2.03. The maximum Gasteiger partial charge on any atom is 0.166 e. The molecule has 2 aliphatic heterocycles. The van der Waals surface area contributed by atoms with Crippen LogP contribution in [0.3, 0.4) is 0 Å². The third-order valence-electron chi connectivity index (χ3n) is 2.96. The lowest BCUT2D eigenvalue weighted by Crippen LogP contribution is -2.24. The first-order valence-corrected chi connectivity index (χ1v) is 5.06. The smallest absolute Gasteiger partial charge is 0.166 e. The van der Waals surface area contributed by atoms with Crippen LogP contribution in [0.5, 0.6) is 11.5 Å². The lowest BCUT2D eigenvalue weighted by atomic mass is 9.92. The molecular weight excluding hydrogens is 192 g/mol. The molecule has 0 saturated heterocycles. The van der Waals surface area contributed by atoms with Crippen LogP contribution in [0, 0.1) is 5.92 Å². The van der Waals surface area contributed by atoms with Crippen LogP contribution in [0.4, 0.5) is 0 Å². The number of hydrogen-bond acceptors (Lipinski definition) is 4. The van der Waals surface area contributed by atoms with Crippen molar-refractivity contribution in [1.29, 1.82) is 0 Å². The molecule has 1 aromatic carbocycles. The lowest BCUT2D eigenvalue weighted by Gasteiger charge is -2.26. The molecule has 0 N–H and O–H groups in total. The van der Waals surface area contributed by atoms with Crippen molar-refractivity contribution in [2.24, 2.45) is 16.1 Å². The molecule has 0 fully saturated rings. The van der Waals surface area contributed by atoms with Crippen LogP contribution in [-0.2, 0) is 0 Å². The van der Waals surface area contributed by atoms with Crippen LogP contribution in [0.2, 0.25) is 0 Å². The minimum absolute atomic E-state index is 0.170. The van der Waals surface area contributed by atoms with Gasteiger partial charge in [-0.05, 0) is 6.07 Å². The fourth-order valence-electron chi connectivity index (χ4n) is 2.17. The quantitative estimate of drug-likeness (QED) is 0.703. The molecular formula is C11H12N2O2. The Balaban J connectivity index is 2.10. The molecule has 4 heteroatoms. The van der Waals surface area contributed by atoms with Gasteiger partial charge in [-0.2, -0.15) is 10.2 Å². The summed E-state index contributed by atoms with van der Waals surface area (Å²) in [6.45, 7) is 1.46. The summed E-state index contributed by atoms with van der Waals surface area (Å²) in [7, 11) is 1.65. The maximum atomic E-state index is 5.71. The number of benzene rings is 1. The van der Waals surface area contributed by atoms with E-state index < -0.39 is 0 Å². The average Bonchev–Trinajstić information content (AvgIpc) is 2.76. The van der Waals surface area contributed by atoms with Crippen LogP contribution in [-0.4, -0.2) is 20.3 Å². The van der Waals surface area contributed by atoms with E-state index in [1.165, 1.54) is 0 Å². The minimum atomic E-state index is 0.170. The first-order chi connectivity index (χ1) is 7.40. The molecule has 0 radical (unpaired) electrons. The molecule has 0 aliphatic carbocycles. The number of ether oxygens (including phenoxy) is 2. The minimum Gasteiger partial charge on any atom is -0.493 e. The summed E-state index contributed by atoms with van der Waals surface area (Å²) < 4.78 is 11.0. The van der Waals surface area contributed by atoms with E-state index in [-0.39, 0.29) is 6.04 Å². The molecule has 0 spiro atoms. The Morgan fingerprint density at radius 1 is 1.47 bits per heavy atom.